The Bertz CT molecular complexity index is 155. The first kappa shape index (κ1) is 12.2. The van der Waals surface area contributed by atoms with E-state index < -0.39 is 6.17 Å². The Labute approximate surface area is 80.5 Å². The molecule has 0 saturated carbocycles. The fourth-order valence-corrected chi connectivity index (χ4v) is 1.59. The molecular weight excluding hydrogens is 177 g/mol. The summed E-state index contributed by atoms with van der Waals surface area (Å²) in [4.78, 5) is 0. The van der Waals surface area contributed by atoms with Crippen molar-refractivity contribution in [1.29, 1.82) is 0 Å². The maximum Gasteiger partial charge on any atom is 0.120 e. The number of alkyl halides is 1. The number of hydrogen-bond donors (Lipinski definition) is 1. The lowest BCUT2D eigenvalue weighted by atomic mass is 9.73. The average Bonchev–Trinajstić information content (AvgIpc) is 2.12. The molecule has 0 aromatic carbocycles. The van der Waals surface area contributed by atoms with Gasteiger partial charge >= 0.3 is 0 Å². The van der Waals surface area contributed by atoms with Crippen molar-refractivity contribution in [3.8, 4) is 0 Å². The largest absolute Gasteiger partial charge is 0.308 e. The topological polar surface area (TPSA) is 12.0 Å². The van der Waals surface area contributed by atoms with E-state index in [-0.39, 0.29) is 23.4 Å². The molecule has 0 aliphatic carbocycles. The Morgan fingerprint density at radius 1 is 1.42 bits per heavy atom. The summed E-state index contributed by atoms with van der Waals surface area (Å²) >= 11 is 0. The van der Waals surface area contributed by atoms with Crippen LogP contribution in [0.4, 0.5) is 4.39 Å². The minimum Gasteiger partial charge on any atom is -0.308 e. The molecule has 2 unspecified atom stereocenters. The maximum atomic E-state index is 13.4. The predicted octanol–water partition coefficient (Wildman–Crippen LogP) is 2.54. The van der Waals surface area contributed by atoms with Gasteiger partial charge in [-0.3, -0.25) is 0 Å². The molecule has 1 nitrogen and oxygen atoms in total. The van der Waals surface area contributed by atoms with Gasteiger partial charge in [-0.2, -0.15) is 0 Å². The van der Waals surface area contributed by atoms with Gasteiger partial charge in [-0.05, 0) is 25.3 Å². The van der Waals surface area contributed by atoms with Crippen LogP contribution in [0.1, 0.15) is 34.1 Å². The van der Waals surface area contributed by atoms with E-state index in [0.717, 1.165) is 6.54 Å². The predicted molar refractivity (Wildman–Crippen MR) is 52.6 cm³/mol. The molecule has 0 amide bonds. The minimum absolute atomic E-state index is 0. The van der Waals surface area contributed by atoms with Crippen molar-refractivity contribution in [2.75, 3.05) is 6.54 Å². The van der Waals surface area contributed by atoms with Gasteiger partial charge in [0.1, 0.15) is 6.17 Å². The van der Waals surface area contributed by atoms with Crippen molar-refractivity contribution in [3.63, 3.8) is 0 Å². The lowest BCUT2D eigenvalue weighted by molar-refractivity contribution is 0.0964. The Morgan fingerprint density at radius 2 is 1.92 bits per heavy atom. The Hall–Kier alpha value is 0.180. The van der Waals surface area contributed by atoms with Gasteiger partial charge in [-0.15, -0.1) is 12.4 Å². The first-order valence-electron chi connectivity index (χ1n) is 4.27. The van der Waals surface area contributed by atoms with Crippen LogP contribution in [0.2, 0.25) is 0 Å². The first-order chi connectivity index (χ1) is 4.88. The molecule has 0 aromatic heterocycles. The number of halogens is 2. The van der Waals surface area contributed by atoms with E-state index >= 15 is 0 Å². The summed E-state index contributed by atoms with van der Waals surface area (Å²) in [6.07, 6.45) is -0.0316. The van der Waals surface area contributed by atoms with Crippen molar-refractivity contribution in [2.24, 2.45) is 5.41 Å². The molecule has 0 spiro atoms. The summed E-state index contributed by atoms with van der Waals surface area (Å²) in [5, 5.41) is 3.25. The molecule has 1 saturated heterocycles. The summed E-state index contributed by atoms with van der Waals surface area (Å²) in [7, 11) is 0. The number of nitrogens with one attached hydrogen (secondary N) is 1. The second kappa shape index (κ2) is 3.51. The number of hydrogen-bond acceptors (Lipinski definition) is 1. The van der Waals surface area contributed by atoms with E-state index in [4.69, 9.17) is 0 Å². The van der Waals surface area contributed by atoms with Crippen LogP contribution in [-0.2, 0) is 0 Å². The van der Waals surface area contributed by atoms with Gasteiger partial charge in [0, 0.05) is 0 Å². The van der Waals surface area contributed by atoms with Crippen LogP contribution in [0.5, 0.6) is 0 Å². The third kappa shape index (κ3) is 1.74. The molecule has 0 radical (unpaired) electrons. The van der Waals surface area contributed by atoms with Crippen LogP contribution in [0.15, 0.2) is 0 Å². The van der Waals surface area contributed by atoms with Gasteiger partial charge in [-0.1, -0.05) is 20.8 Å². The summed E-state index contributed by atoms with van der Waals surface area (Å²) < 4.78 is 13.4. The van der Waals surface area contributed by atoms with Gasteiger partial charge in [0.15, 0.2) is 0 Å². The lowest BCUT2D eigenvalue weighted by Gasteiger charge is -2.40. The minimum atomic E-state index is -0.692. The summed E-state index contributed by atoms with van der Waals surface area (Å²) in [5.74, 6) is 0. The van der Waals surface area contributed by atoms with Crippen LogP contribution < -0.4 is 5.32 Å². The quantitative estimate of drug-likeness (QED) is 0.627. The Morgan fingerprint density at radius 3 is 2.08 bits per heavy atom. The van der Waals surface area contributed by atoms with Crippen LogP contribution in [0.25, 0.3) is 0 Å². The lowest BCUT2D eigenvalue weighted by Crippen LogP contribution is -2.53. The van der Waals surface area contributed by atoms with E-state index in [1.807, 2.05) is 6.92 Å². The molecule has 0 bridgehead atoms. The van der Waals surface area contributed by atoms with Gasteiger partial charge in [-0.25, -0.2) is 4.39 Å². The van der Waals surface area contributed by atoms with E-state index in [9.17, 15) is 4.39 Å². The molecule has 74 valence electrons. The monoisotopic (exact) mass is 195 g/mol. The molecule has 1 aliphatic rings. The van der Waals surface area contributed by atoms with Crippen molar-refractivity contribution in [3.05, 3.63) is 0 Å². The van der Waals surface area contributed by atoms with Gasteiger partial charge in [0.2, 0.25) is 0 Å². The zero-order valence-electron chi connectivity index (χ0n) is 8.28. The van der Waals surface area contributed by atoms with E-state index in [1.54, 1.807) is 0 Å². The molecule has 1 heterocycles. The van der Waals surface area contributed by atoms with Crippen molar-refractivity contribution in [2.45, 2.75) is 45.8 Å². The maximum absolute atomic E-state index is 13.4. The average molecular weight is 196 g/mol. The zero-order valence-corrected chi connectivity index (χ0v) is 9.09. The van der Waals surface area contributed by atoms with Gasteiger partial charge in [0.05, 0.1) is 5.54 Å². The fourth-order valence-electron chi connectivity index (χ4n) is 1.59. The Kier molecular flexibility index (Phi) is 3.56. The normalized spacial score (nSPS) is 36.2. The molecule has 12 heavy (non-hydrogen) atoms. The fraction of sp³-hybridized carbons (Fsp3) is 1.00. The first-order valence-corrected chi connectivity index (χ1v) is 4.27. The van der Waals surface area contributed by atoms with Crippen LogP contribution in [-0.4, -0.2) is 18.3 Å². The van der Waals surface area contributed by atoms with Crippen LogP contribution in [0.3, 0.4) is 0 Å². The highest BCUT2D eigenvalue weighted by atomic mass is 35.5. The third-order valence-electron chi connectivity index (χ3n) is 3.07. The Balaban J connectivity index is 0.00000121. The third-order valence-corrected chi connectivity index (χ3v) is 3.07. The van der Waals surface area contributed by atoms with Gasteiger partial charge < -0.3 is 5.32 Å². The summed E-state index contributed by atoms with van der Waals surface area (Å²) in [5.41, 5.74) is -0.323. The molecule has 2 atom stereocenters. The molecule has 1 rings (SSSR count). The van der Waals surface area contributed by atoms with Crippen molar-refractivity contribution >= 4 is 12.4 Å². The second-order valence-corrected chi connectivity index (χ2v) is 4.64. The highest BCUT2D eigenvalue weighted by Crippen LogP contribution is 2.38. The zero-order chi connectivity index (χ0) is 8.70. The molecule has 1 N–H and O–H groups in total. The van der Waals surface area contributed by atoms with E-state index in [2.05, 4.69) is 26.1 Å². The molecule has 1 fully saturated rings. The standard InChI is InChI=1S/C9H18FN.ClH/c1-8(2,3)9(4)7(10)5-6-11-9;/h7,11H,5-6H2,1-4H3;1H. The van der Waals surface area contributed by atoms with Crippen LogP contribution in [0, 0.1) is 5.41 Å². The highest BCUT2D eigenvalue weighted by molar-refractivity contribution is 5.85. The molecular formula is C9H19ClFN. The second-order valence-electron chi connectivity index (χ2n) is 4.64. The van der Waals surface area contributed by atoms with Crippen molar-refractivity contribution < 1.29 is 4.39 Å². The van der Waals surface area contributed by atoms with E-state index in [0.29, 0.717) is 6.42 Å². The SMILES string of the molecule is CC(C)(C)C1(C)NCCC1F.Cl. The number of rotatable bonds is 0. The molecule has 1 aliphatic heterocycles. The molecule has 0 aromatic rings. The van der Waals surface area contributed by atoms with Gasteiger partial charge in [0.25, 0.3) is 0 Å². The van der Waals surface area contributed by atoms with Crippen LogP contribution >= 0.6 is 12.4 Å². The summed E-state index contributed by atoms with van der Waals surface area (Å²) in [6, 6.07) is 0. The highest BCUT2D eigenvalue weighted by Gasteiger charge is 2.47. The van der Waals surface area contributed by atoms with E-state index in [1.165, 1.54) is 0 Å². The molecule has 3 heteroatoms. The van der Waals surface area contributed by atoms with Crippen molar-refractivity contribution in [1.82, 2.24) is 5.32 Å². The summed E-state index contributed by atoms with van der Waals surface area (Å²) in [6.45, 7) is 9.04. The smallest absolute Gasteiger partial charge is 0.120 e.